The largest absolute Gasteiger partial charge is 0.373 e. The lowest BCUT2D eigenvalue weighted by Crippen LogP contribution is -1.84. The molecule has 0 aromatic heterocycles. The zero-order chi connectivity index (χ0) is 12.2. The number of epoxide rings is 1. The van der Waals surface area contributed by atoms with Gasteiger partial charge in [-0.2, -0.15) is 0 Å². The Morgan fingerprint density at radius 3 is 2.12 bits per heavy atom. The minimum Gasteiger partial charge on any atom is -0.373 e. The van der Waals surface area contributed by atoms with Crippen molar-refractivity contribution >= 4 is 0 Å². The summed E-state index contributed by atoms with van der Waals surface area (Å²) < 4.78 is 5.17. The third-order valence-electron chi connectivity index (χ3n) is 3.26. The molecule has 0 aliphatic carbocycles. The van der Waals surface area contributed by atoms with E-state index in [0.717, 1.165) is 19.4 Å². The Hall–Kier alpha value is -0.480. The zero-order valence-electron chi connectivity index (χ0n) is 11.5. The Labute approximate surface area is 107 Å². The molecule has 1 fully saturated rings. The van der Waals surface area contributed by atoms with E-state index < -0.39 is 0 Å². The van der Waals surface area contributed by atoms with Crippen LogP contribution in [0.3, 0.4) is 0 Å². The Balaban J connectivity index is 1.72. The number of hydrogen-bond donors (Lipinski definition) is 0. The highest BCUT2D eigenvalue weighted by atomic mass is 16.6. The van der Waals surface area contributed by atoms with Gasteiger partial charge in [-0.05, 0) is 25.7 Å². The van der Waals surface area contributed by atoms with Crippen LogP contribution in [0.15, 0.2) is 0 Å². The summed E-state index contributed by atoms with van der Waals surface area (Å²) in [6.45, 7) is 3.27. The second kappa shape index (κ2) is 10.7. The summed E-state index contributed by atoms with van der Waals surface area (Å²) in [6, 6.07) is 0. The van der Waals surface area contributed by atoms with Gasteiger partial charge in [0.15, 0.2) is 0 Å². The van der Waals surface area contributed by atoms with Crippen LogP contribution in [-0.4, -0.2) is 12.7 Å². The highest BCUT2D eigenvalue weighted by molar-refractivity contribution is 4.98. The number of rotatable bonds is 10. The van der Waals surface area contributed by atoms with Crippen molar-refractivity contribution in [1.82, 2.24) is 0 Å². The molecule has 0 radical (unpaired) electrons. The summed E-state index contributed by atoms with van der Waals surface area (Å²) in [5, 5.41) is 0. The van der Waals surface area contributed by atoms with E-state index >= 15 is 0 Å². The molecule has 0 bridgehead atoms. The van der Waals surface area contributed by atoms with Crippen molar-refractivity contribution in [2.75, 3.05) is 6.61 Å². The SMILES string of the molecule is CCCCCCCCC#CCCCC[C@@H]1CO1. The van der Waals surface area contributed by atoms with E-state index in [1.54, 1.807) is 0 Å². The van der Waals surface area contributed by atoms with Crippen LogP contribution >= 0.6 is 0 Å². The molecule has 0 aromatic rings. The molecule has 1 aliphatic rings. The average molecular weight is 236 g/mol. The van der Waals surface area contributed by atoms with Gasteiger partial charge in [-0.15, -0.1) is 11.8 Å². The van der Waals surface area contributed by atoms with Gasteiger partial charge >= 0.3 is 0 Å². The molecule has 1 saturated heterocycles. The van der Waals surface area contributed by atoms with Crippen LogP contribution in [0.4, 0.5) is 0 Å². The highest BCUT2D eigenvalue weighted by Crippen LogP contribution is 2.16. The van der Waals surface area contributed by atoms with E-state index in [4.69, 9.17) is 4.74 Å². The quantitative estimate of drug-likeness (QED) is 0.304. The van der Waals surface area contributed by atoms with Gasteiger partial charge in [0.2, 0.25) is 0 Å². The summed E-state index contributed by atoms with van der Waals surface area (Å²) in [4.78, 5) is 0. The van der Waals surface area contributed by atoms with E-state index in [2.05, 4.69) is 18.8 Å². The van der Waals surface area contributed by atoms with Gasteiger partial charge in [0.1, 0.15) is 0 Å². The maximum absolute atomic E-state index is 5.17. The first-order chi connectivity index (χ1) is 8.43. The van der Waals surface area contributed by atoms with Crippen LogP contribution in [0.5, 0.6) is 0 Å². The van der Waals surface area contributed by atoms with E-state index in [-0.39, 0.29) is 0 Å². The summed E-state index contributed by atoms with van der Waals surface area (Å²) >= 11 is 0. The number of hydrogen-bond acceptors (Lipinski definition) is 1. The summed E-state index contributed by atoms with van der Waals surface area (Å²) in [5.41, 5.74) is 0. The lowest BCUT2D eigenvalue weighted by atomic mass is 10.1. The molecule has 98 valence electrons. The van der Waals surface area contributed by atoms with Gasteiger partial charge in [0, 0.05) is 12.8 Å². The van der Waals surface area contributed by atoms with Gasteiger partial charge in [-0.3, -0.25) is 0 Å². The third kappa shape index (κ3) is 10.4. The molecule has 1 rings (SSSR count). The van der Waals surface area contributed by atoms with Gasteiger partial charge in [-0.25, -0.2) is 0 Å². The minimum absolute atomic E-state index is 0.603. The van der Waals surface area contributed by atoms with Crippen molar-refractivity contribution in [2.45, 2.75) is 83.7 Å². The average Bonchev–Trinajstić information content (AvgIpc) is 3.15. The molecule has 0 amide bonds. The van der Waals surface area contributed by atoms with Crippen molar-refractivity contribution in [3.8, 4) is 11.8 Å². The molecule has 1 nitrogen and oxygen atoms in total. The Bertz CT molecular complexity index is 219. The van der Waals surface area contributed by atoms with E-state index in [0.29, 0.717) is 6.10 Å². The first-order valence-corrected chi connectivity index (χ1v) is 7.51. The third-order valence-corrected chi connectivity index (χ3v) is 3.26. The molecule has 1 atom stereocenters. The number of ether oxygens (including phenoxy) is 1. The topological polar surface area (TPSA) is 12.5 Å². The van der Waals surface area contributed by atoms with Crippen molar-refractivity contribution in [2.24, 2.45) is 0 Å². The summed E-state index contributed by atoms with van der Waals surface area (Å²) in [5.74, 6) is 6.59. The van der Waals surface area contributed by atoms with Gasteiger partial charge in [0.05, 0.1) is 12.7 Å². The van der Waals surface area contributed by atoms with E-state index in [9.17, 15) is 0 Å². The molecule has 0 N–H and O–H groups in total. The number of unbranched alkanes of at least 4 members (excludes halogenated alkanes) is 8. The second-order valence-corrected chi connectivity index (χ2v) is 5.07. The normalized spacial score (nSPS) is 17.6. The van der Waals surface area contributed by atoms with Crippen molar-refractivity contribution in [3.05, 3.63) is 0 Å². The predicted molar refractivity (Wildman–Crippen MR) is 74.0 cm³/mol. The van der Waals surface area contributed by atoms with Crippen molar-refractivity contribution in [1.29, 1.82) is 0 Å². The van der Waals surface area contributed by atoms with Crippen LogP contribution in [0.25, 0.3) is 0 Å². The fourth-order valence-electron chi connectivity index (χ4n) is 1.99. The summed E-state index contributed by atoms with van der Waals surface area (Å²) in [6.07, 6.45) is 14.8. The standard InChI is InChI=1S/C16H28O/c1-2-3-4-5-6-7-8-9-10-11-12-13-14-16-15-17-16/h16H,2-8,11-15H2,1H3/t16-/m1/s1. The smallest absolute Gasteiger partial charge is 0.0810 e. The van der Waals surface area contributed by atoms with Crippen LogP contribution in [-0.2, 0) is 4.74 Å². The Kier molecular flexibility index (Phi) is 9.14. The van der Waals surface area contributed by atoms with E-state index in [1.807, 2.05) is 0 Å². The Morgan fingerprint density at radius 1 is 0.882 bits per heavy atom. The molecule has 1 aliphatic heterocycles. The second-order valence-electron chi connectivity index (χ2n) is 5.07. The first-order valence-electron chi connectivity index (χ1n) is 7.51. The van der Waals surface area contributed by atoms with Crippen LogP contribution in [0, 0.1) is 11.8 Å². The molecular formula is C16H28O. The van der Waals surface area contributed by atoms with Crippen LogP contribution < -0.4 is 0 Å². The molecule has 0 saturated carbocycles. The molecule has 0 unspecified atom stereocenters. The van der Waals surface area contributed by atoms with Gasteiger partial charge in [0.25, 0.3) is 0 Å². The lowest BCUT2D eigenvalue weighted by Gasteiger charge is -1.96. The maximum atomic E-state index is 5.17. The first kappa shape index (κ1) is 14.6. The molecule has 17 heavy (non-hydrogen) atoms. The maximum Gasteiger partial charge on any atom is 0.0810 e. The molecule has 0 aromatic carbocycles. The van der Waals surface area contributed by atoms with Crippen LogP contribution in [0.1, 0.15) is 77.6 Å². The van der Waals surface area contributed by atoms with Gasteiger partial charge < -0.3 is 4.74 Å². The monoisotopic (exact) mass is 236 g/mol. The summed E-state index contributed by atoms with van der Waals surface area (Å²) in [7, 11) is 0. The highest BCUT2D eigenvalue weighted by Gasteiger charge is 2.20. The van der Waals surface area contributed by atoms with E-state index in [1.165, 1.54) is 57.8 Å². The zero-order valence-corrected chi connectivity index (χ0v) is 11.5. The fourth-order valence-corrected chi connectivity index (χ4v) is 1.99. The molecular weight excluding hydrogens is 208 g/mol. The fraction of sp³-hybridized carbons (Fsp3) is 0.875. The van der Waals surface area contributed by atoms with Crippen LogP contribution in [0.2, 0.25) is 0 Å². The lowest BCUT2D eigenvalue weighted by molar-refractivity contribution is 0.390. The van der Waals surface area contributed by atoms with Crippen molar-refractivity contribution in [3.63, 3.8) is 0 Å². The predicted octanol–water partition coefficient (Wildman–Crippen LogP) is 4.70. The van der Waals surface area contributed by atoms with Crippen molar-refractivity contribution < 1.29 is 4.74 Å². The minimum atomic E-state index is 0.603. The Morgan fingerprint density at radius 2 is 1.47 bits per heavy atom. The molecule has 1 heteroatoms. The van der Waals surface area contributed by atoms with Gasteiger partial charge in [-0.1, -0.05) is 39.0 Å². The molecule has 0 spiro atoms. The molecule has 1 heterocycles.